The molecule has 0 aliphatic heterocycles. The Morgan fingerprint density at radius 3 is 1.87 bits per heavy atom. The molecule has 92 valence electrons. The van der Waals surface area contributed by atoms with E-state index in [4.69, 9.17) is 0 Å². The van der Waals surface area contributed by atoms with Gasteiger partial charge < -0.3 is 0 Å². The van der Waals surface area contributed by atoms with Crippen LogP contribution in [0.3, 0.4) is 0 Å². The summed E-state index contributed by atoms with van der Waals surface area (Å²) < 4.78 is 0. The maximum Gasteiger partial charge on any atom is -0.0329 e. The smallest absolute Gasteiger partial charge is 0.0329 e. The Morgan fingerprint density at radius 2 is 1.47 bits per heavy atom. The van der Waals surface area contributed by atoms with Crippen LogP contribution in [-0.4, -0.2) is 0 Å². The van der Waals surface area contributed by atoms with Gasteiger partial charge in [0.15, 0.2) is 0 Å². The van der Waals surface area contributed by atoms with E-state index in [2.05, 4.69) is 48.5 Å². The second kappa shape index (κ2) is 6.55. The van der Waals surface area contributed by atoms with Crippen molar-refractivity contribution >= 4 is 0 Å². The van der Waals surface area contributed by atoms with Crippen molar-refractivity contribution in [1.82, 2.24) is 0 Å². The molecule has 0 saturated heterocycles. The summed E-state index contributed by atoms with van der Waals surface area (Å²) in [7, 11) is 0. The zero-order valence-corrected chi connectivity index (χ0v) is 12.1. The van der Waals surface area contributed by atoms with Gasteiger partial charge in [0.25, 0.3) is 0 Å². The van der Waals surface area contributed by atoms with Gasteiger partial charge in [0.05, 0.1) is 0 Å². The van der Waals surface area contributed by atoms with Crippen LogP contribution < -0.4 is 0 Å². The average molecular weight is 212 g/mol. The Hall–Kier alpha value is 0. The molecule has 0 N–H and O–H groups in total. The lowest BCUT2D eigenvalue weighted by molar-refractivity contribution is 0.163. The standard InChI is InChI=1S/C15H32/c1-8-9-10-13(4)14(5)11-15(6,7)12(2)3/h12-14H,8-11H2,1-7H3. The highest BCUT2D eigenvalue weighted by atomic mass is 14.3. The number of unbranched alkanes of at least 4 members (excludes halogenated alkanes) is 1. The third-order valence-corrected chi connectivity index (χ3v) is 4.40. The van der Waals surface area contributed by atoms with Crippen molar-refractivity contribution in [3.63, 3.8) is 0 Å². The number of rotatable bonds is 7. The Balaban J connectivity index is 4.05. The summed E-state index contributed by atoms with van der Waals surface area (Å²) >= 11 is 0. The van der Waals surface area contributed by atoms with Crippen molar-refractivity contribution < 1.29 is 0 Å². The minimum atomic E-state index is 0.500. The molecule has 0 spiro atoms. The second-order valence-corrected chi connectivity index (χ2v) is 6.44. The Labute approximate surface area is 97.8 Å². The zero-order chi connectivity index (χ0) is 12.1. The predicted molar refractivity (Wildman–Crippen MR) is 71.1 cm³/mol. The number of hydrogen-bond acceptors (Lipinski definition) is 0. The van der Waals surface area contributed by atoms with Crippen molar-refractivity contribution in [2.45, 2.75) is 74.1 Å². The van der Waals surface area contributed by atoms with Crippen LogP contribution in [0.5, 0.6) is 0 Å². The molecule has 0 radical (unpaired) electrons. The summed E-state index contributed by atoms with van der Waals surface area (Å²) in [6, 6.07) is 0. The van der Waals surface area contributed by atoms with Crippen LogP contribution in [0.1, 0.15) is 74.1 Å². The molecule has 0 amide bonds. The highest BCUT2D eigenvalue weighted by molar-refractivity contribution is 4.77. The molecule has 0 heteroatoms. The van der Waals surface area contributed by atoms with Crippen LogP contribution in [0.25, 0.3) is 0 Å². The maximum absolute atomic E-state index is 2.43. The van der Waals surface area contributed by atoms with Crippen molar-refractivity contribution in [2.75, 3.05) is 0 Å². The first-order chi connectivity index (χ1) is 6.81. The first kappa shape index (κ1) is 15.0. The van der Waals surface area contributed by atoms with Crippen molar-refractivity contribution in [3.05, 3.63) is 0 Å². The number of hydrogen-bond donors (Lipinski definition) is 0. The van der Waals surface area contributed by atoms with E-state index in [1.54, 1.807) is 0 Å². The minimum Gasteiger partial charge on any atom is -0.0654 e. The fourth-order valence-corrected chi connectivity index (χ4v) is 2.08. The molecule has 2 unspecified atom stereocenters. The van der Waals surface area contributed by atoms with Gasteiger partial charge in [0.2, 0.25) is 0 Å². The summed E-state index contributed by atoms with van der Waals surface area (Å²) in [5.41, 5.74) is 0.500. The molecule has 0 aliphatic carbocycles. The van der Waals surface area contributed by atoms with Gasteiger partial charge in [-0.05, 0) is 29.6 Å². The van der Waals surface area contributed by atoms with Crippen LogP contribution in [0.15, 0.2) is 0 Å². The average Bonchev–Trinajstić information content (AvgIpc) is 2.13. The quantitative estimate of drug-likeness (QED) is 0.521. The maximum atomic E-state index is 2.43. The van der Waals surface area contributed by atoms with E-state index < -0.39 is 0 Å². The molecule has 0 bridgehead atoms. The highest BCUT2D eigenvalue weighted by Gasteiger charge is 2.26. The SMILES string of the molecule is CCCCC(C)C(C)CC(C)(C)C(C)C. The second-order valence-electron chi connectivity index (χ2n) is 6.44. The third-order valence-electron chi connectivity index (χ3n) is 4.40. The molecule has 0 rings (SSSR count). The molecule has 0 fully saturated rings. The molecule has 15 heavy (non-hydrogen) atoms. The first-order valence-electron chi connectivity index (χ1n) is 6.81. The van der Waals surface area contributed by atoms with Gasteiger partial charge >= 0.3 is 0 Å². The Morgan fingerprint density at radius 1 is 0.933 bits per heavy atom. The summed E-state index contributed by atoms with van der Waals surface area (Å²) in [5.74, 6) is 2.55. The van der Waals surface area contributed by atoms with Crippen LogP contribution in [0.2, 0.25) is 0 Å². The molecule has 0 saturated carbocycles. The van der Waals surface area contributed by atoms with Crippen LogP contribution in [0.4, 0.5) is 0 Å². The summed E-state index contributed by atoms with van der Waals surface area (Å²) in [6.45, 7) is 16.7. The van der Waals surface area contributed by atoms with Crippen LogP contribution in [-0.2, 0) is 0 Å². The van der Waals surface area contributed by atoms with Gasteiger partial charge in [-0.2, -0.15) is 0 Å². The fourth-order valence-electron chi connectivity index (χ4n) is 2.08. The van der Waals surface area contributed by atoms with Gasteiger partial charge in [-0.1, -0.05) is 67.7 Å². The van der Waals surface area contributed by atoms with E-state index in [1.807, 2.05) is 0 Å². The lowest BCUT2D eigenvalue weighted by Crippen LogP contribution is -2.24. The molecule has 0 heterocycles. The zero-order valence-electron chi connectivity index (χ0n) is 12.1. The lowest BCUT2D eigenvalue weighted by atomic mass is 9.71. The van der Waals surface area contributed by atoms with E-state index in [0.717, 1.165) is 17.8 Å². The van der Waals surface area contributed by atoms with Crippen molar-refractivity contribution in [2.24, 2.45) is 23.2 Å². The molecule has 0 aromatic heterocycles. The van der Waals surface area contributed by atoms with Gasteiger partial charge in [-0.25, -0.2) is 0 Å². The molecule has 0 aromatic rings. The molecule has 2 atom stereocenters. The van der Waals surface area contributed by atoms with Gasteiger partial charge in [0.1, 0.15) is 0 Å². The first-order valence-corrected chi connectivity index (χ1v) is 6.81. The van der Waals surface area contributed by atoms with Gasteiger partial charge in [-0.15, -0.1) is 0 Å². The highest BCUT2D eigenvalue weighted by Crippen LogP contribution is 2.36. The van der Waals surface area contributed by atoms with E-state index in [0.29, 0.717) is 5.41 Å². The molecular formula is C15H32. The minimum absolute atomic E-state index is 0.500. The fraction of sp³-hybridized carbons (Fsp3) is 1.00. The Kier molecular flexibility index (Phi) is 6.55. The van der Waals surface area contributed by atoms with Crippen molar-refractivity contribution in [1.29, 1.82) is 0 Å². The monoisotopic (exact) mass is 212 g/mol. The van der Waals surface area contributed by atoms with Gasteiger partial charge in [-0.3, -0.25) is 0 Å². The summed E-state index contributed by atoms with van der Waals surface area (Å²) in [6.07, 6.45) is 5.51. The summed E-state index contributed by atoms with van der Waals surface area (Å²) in [4.78, 5) is 0. The van der Waals surface area contributed by atoms with Crippen LogP contribution >= 0.6 is 0 Å². The molecule has 0 aromatic carbocycles. The van der Waals surface area contributed by atoms with E-state index in [-0.39, 0.29) is 0 Å². The van der Waals surface area contributed by atoms with Gasteiger partial charge in [0, 0.05) is 0 Å². The summed E-state index contributed by atoms with van der Waals surface area (Å²) in [5, 5.41) is 0. The molecule has 0 nitrogen and oxygen atoms in total. The van der Waals surface area contributed by atoms with E-state index in [1.165, 1.54) is 25.7 Å². The molecular weight excluding hydrogens is 180 g/mol. The normalized spacial score (nSPS) is 16.8. The van der Waals surface area contributed by atoms with Crippen molar-refractivity contribution in [3.8, 4) is 0 Å². The third kappa shape index (κ3) is 5.58. The molecule has 0 aliphatic rings. The predicted octanol–water partition coefficient (Wildman–Crippen LogP) is 5.52. The van der Waals surface area contributed by atoms with E-state index >= 15 is 0 Å². The van der Waals surface area contributed by atoms with E-state index in [9.17, 15) is 0 Å². The Bertz CT molecular complexity index is 155. The van der Waals surface area contributed by atoms with Crippen LogP contribution in [0, 0.1) is 23.2 Å². The largest absolute Gasteiger partial charge is 0.0654 e. The lowest BCUT2D eigenvalue weighted by Gasteiger charge is -2.34. The topological polar surface area (TPSA) is 0 Å².